The number of thiazole rings is 1. The maximum absolute atomic E-state index is 12.9. The van der Waals surface area contributed by atoms with Crippen molar-refractivity contribution in [1.29, 1.82) is 0 Å². The zero-order chi connectivity index (χ0) is 30.1. The highest BCUT2D eigenvalue weighted by Gasteiger charge is 2.49. The summed E-state index contributed by atoms with van der Waals surface area (Å²) in [7, 11) is -2.46. The molecule has 1 amide bonds. The van der Waals surface area contributed by atoms with Crippen LogP contribution in [0.5, 0.6) is 17.2 Å². The number of methoxy groups -OCH3 is 1. The Bertz CT molecular complexity index is 1900. The Morgan fingerprint density at radius 3 is 2.42 bits per heavy atom. The van der Waals surface area contributed by atoms with E-state index in [-0.39, 0.29) is 16.6 Å². The van der Waals surface area contributed by atoms with E-state index in [2.05, 4.69) is 4.72 Å². The predicted octanol–water partition coefficient (Wildman–Crippen LogP) is 7.76. The van der Waals surface area contributed by atoms with Gasteiger partial charge in [-0.3, -0.25) is 14.4 Å². The number of sulfonamides is 1. The molecule has 1 N–H and O–H groups in total. The monoisotopic (exact) mass is 651 g/mol. The maximum atomic E-state index is 12.9. The predicted molar refractivity (Wildman–Crippen MR) is 169 cm³/mol. The minimum Gasteiger partial charge on any atom is -0.495 e. The molecule has 0 spiro atoms. The van der Waals surface area contributed by atoms with E-state index < -0.39 is 21.4 Å². The molecule has 8 nitrogen and oxygen atoms in total. The van der Waals surface area contributed by atoms with Crippen molar-refractivity contribution < 1.29 is 22.7 Å². The summed E-state index contributed by atoms with van der Waals surface area (Å²) in [4.78, 5) is 19.2. The van der Waals surface area contributed by atoms with Gasteiger partial charge in [0.15, 0.2) is 5.13 Å². The van der Waals surface area contributed by atoms with Crippen molar-refractivity contribution in [2.45, 2.75) is 16.3 Å². The number of nitrogens with one attached hydrogen (secondary N) is 1. The molecule has 0 radical (unpaired) electrons. The van der Waals surface area contributed by atoms with Gasteiger partial charge in [-0.1, -0.05) is 54.1 Å². The molecule has 0 bridgehead atoms. The van der Waals surface area contributed by atoms with Crippen LogP contribution in [0.3, 0.4) is 0 Å². The first-order valence-electron chi connectivity index (χ1n) is 13.0. The van der Waals surface area contributed by atoms with E-state index in [0.29, 0.717) is 33.0 Å². The molecule has 43 heavy (non-hydrogen) atoms. The second-order valence-electron chi connectivity index (χ2n) is 9.54. The molecule has 1 aliphatic heterocycles. The van der Waals surface area contributed by atoms with Crippen molar-refractivity contribution >= 4 is 61.3 Å². The number of aromatic nitrogens is 1. The van der Waals surface area contributed by atoms with E-state index in [4.69, 9.17) is 37.7 Å². The van der Waals surface area contributed by atoms with Crippen molar-refractivity contribution in [1.82, 2.24) is 4.98 Å². The minimum atomic E-state index is -3.88. The Balaban J connectivity index is 1.18. The fourth-order valence-corrected chi connectivity index (χ4v) is 7.12. The molecule has 12 heteroatoms. The highest BCUT2D eigenvalue weighted by molar-refractivity contribution is 7.92. The number of benzene rings is 4. The summed E-state index contributed by atoms with van der Waals surface area (Å²) in [5.74, 6) is 1.37. The van der Waals surface area contributed by atoms with Gasteiger partial charge in [-0.25, -0.2) is 13.4 Å². The highest BCUT2D eigenvalue weighted by atomic mass is 35.5. The number of rotatable bonds is 9. The van der Waals surface area contributed by atoms with Gasteiger partial charge in [0.1, 0.15) is 22.6 Å². The number of carbonyl (C=O) groups excluding carboxylic acids is 1. The standard InChI is InChI=1S/C31H23Cl2N3O5S2/c1-40-27-17-24(14-15-25(27)32)43(38,39)35-21-12-10-19(11-13-21)26-18-42-31(34-26)36-29(28(33)30(36)37)20-6-5-9-23(16-20)41-22-7-3-2-4-8-22/h2-18,28-29,35H,1H3. The van der Waals surface area contributed by atoms with Gasteiger partial charge in [0.05, 0.1) is 28.8 Å². The topological polar surface area (TPSA) is 97.8 Å². The van der Waals surface area contributed by atoms with Gasteiger partial charge in [-0.2, -0.15) is 0 Å². The molecule has 1 saturated heterocycles. The Morgan fingerprint density at radius 2 is 1.67 bits per heavy atom. The van der Waals surface area contributed by atoms with E-state index in [0.717, 1.165) is 11.1 Å². The second-order valence-corrected chi connectivity index (χ2v) is 12.9. The van der Waals surface area contributed by atoms with E-state index >= 15 is 0 Å². The van der Waals surface area contributed by atoms with Gasteiger partial charge in [-0.05, 0) is 54.1 Å². The zero-order valence-electron chi connectivity index (χ0n) is 22.5. The second kappa shape index (κ2) is 11.9. The van der Waals surface area contributed by atoms with Gasteiger partial charge in [0, 0.05) is 22.7 Å². The van der Waals surface area contributed by atoms with E-state index in [1.54, 1.807) is 29.2 Å². The SMILES string of the molecule is COc1cc(S(=O)(=O)Nc2ccc(-c3csc(N4C(=O)C(Cl)C4c4cccc(Oc5ccccc5)c4)n3)cc2)ccc1Cl. The summed E-state index contributed by atoms with van der Waals surface area (Å²) < 4.78 is 39.4. The lowest BCUT2D eigenvalue weighted by molar-refractivity contribution is -0.123. The van der Waals surface area contributed by atoms with Crippen LogP contribution in [0.1, 0.15) is 11.6 Å². The first kappa shape index (κ1) is 29.0. The molecule has 2 heterocycles. The average molecular weight is 653 g/mol. The molecule has 218 valence electrons. The van der Waals surface area contributed by atoms with Crippen LogP contribution in [-0.4, -0.2) is 31.8 Å². The van der Waals surface area contributed by atoms with Crippen molar-refractivity contribution in [3.8, 4) is 28.5 Å². The van der Waals surface area contributed by atoms with Gasteiger partial charge < -0.3 is 9.47 Å². The largest absolute Gasteiger partial charge is 0.495 e. The molecule has 5 aromatic rings. The van der Waals surface area contributed by atoms with Crippen LogP contribution in [0, 0.1) is 0 Å². The number of carbonyl (C=O) groups is 1. The molecule has 1 aliphatic rings. The van der Waals surface area contributed by atoms with Crippen molar-refractivity contribution in [3.05, 3.63) is 113 Å². The number of hydrogen-bond donors (Lipinski definition) is 1. The number of ether oxygens (including phenoxy) is 2. The van der Waals surface area contributed by atoms with Crippen molar-refractivity contribution in [2.24, 2.45) is 0 Å². The summed E-state index contributed by atoms with van der Waals surface area (Å²) in [6.45, 7) is 0. The maximum Gasteiger partial charge on any atom is 0.262 e. The minimum absolute atomic E-state index is 0.0190. The van der Waals surface area contributed by atoms with Gasteiger partial charge >= 0.3 is 0 Å². The van der Waals surface area contributed by atoms with Gasteiger partial charge in [0.2, 0.25) is 5.91 Å². The zero-order valence-corrected chi connectivity index (χ0v) is 25.6. The van der Waals surface area contributed by atoms with E-state index in [1.807, 2.05) is 60.0 Å². The third kappa shape index (κ3) is 5.92. The lowest BCUT2D eigenvalue weighted by atomic mass is 9.94. The number of amides is 1. The lowest BCUT2D eigenvalue weighted by Crippen LogP contribution is -2.56. The number of β-lactam (4-membered cyclic amide) rings is 1. The molecule has 0 aliphatic carbocycles. The van der Waals surface area contributed by atoms with Crippen LogP contribution in [-0.2, 0) is 14.8 Å². The number of para-hydroxylation sites is 1. The molecule has 0 saturated carbocycles. The Labute approximate surface area is 262 Å². The Morgan fingerprint density at radius 1 is 0.930 bits per heavy atom. The van der Waals surface area contributed by atoms with Crippen molar-refractivity contribution in [2.75, 3.05) is 16.7 Å². The summed E-state index contributed by atoms with van der Waals surface area (Å²) >= 11 is 13.8. The fraction of sp³-hybridized carbons (Fsp3) is 0.0968. The van der Waals surface area contributed by atoms with Crippen LogP contribution < -0.4 is 19.1 Å². The third-order valence-corrected chi connectivity index (χ3v) is 9.73. The molecule has 4 aromatic carbocycles. The first-order valence-corrected chi connectivity index (χ1v) is 16.1. The van der Waals surface area contributed by atoms with Crippen LogP contribution in [0.4, 0.5) is 10.8 Å². The number of hydrogen-bond acceptors (Lipinski definition) is 7. The molecule has 1 aromatic heterocycles. The fourth-order valence-electron chi connectivity index (χ4n) is 4.61. The van der Waals surface area contributed by atoms with E-state index in [9.17, 15) is 13.2 Å². The van der Waals surface area contributed by atoms with Crippen molar-refractivity contribution in [3.63, 3.8) is 0 Å². The van der Waals surface area contributed by atoms with Crippen LogP contribution >= 0.6 is 34.5 Å². The molecule has 2 unspecified atom stereocenters. The normalized spacial score (nSPS) is 16.4. The lowest BCUT2D eigenvalue weighted by Gasteiger charge is -2.42. The quantitative estimate of drug-likeness (QED) is 0.129. The van der Waals surface area contributed by atoms with E-state index in [1.165, 1.54) is 36.6 Å². The number of halogens is 2. The Kier molecular flexibility index (Phi) is 8.02. The summed E-state index contributed by atoms with van der Waals surface area (Å²) in [5.41, 5.74) is 2.60. The molecular formula is C31H23Cl2N3O5S2. The molecule has 2 atom stereocenters. The summed E-state index contributed by atoms with van der Waals surface area (Å²) in [5, 5.41) is 1.94. The van der Waals surface area contributed by atoms with Gasteiger partial charge in [0.25, 0.3) is 10.0 Å². The smallest absolute Gasteiger partial charge is 0.262 e. The van der Waals surface area contributed by atoms with Gasteiger partial charge in [-0.15, -0.1) is 22.9 Å². The highest BCUT2D eigenvalue weighted by Crippen LogP contribution is 2.45. The first-order chi connectivity index (χ1) is 20.7. The number of alkyl halides is 1. The molecule has 6 rings (SSSR count). The molecular weight excluding hydrogens is 629 g/mol. The average Bonchev–Trinajstić information content (AvgIpc) is 3.49. The Hall–Kier alpha value is -4.09. The van der Waals surface area contributed by atoms with Crippen LogP contribution in [0.2, 0.25) is 5.02 Å². The molecule has 1 fully saturated rings. The number of anilines is 2. The van der Waals surface area contributed by atoms with Crippen LogP contribution in [0.25, 0.3) is 11.3 Å². The third-order valence-electron chi connectivity index (χ3n) is 6.77. The summed E-state index contributed by atoms with van der Waals surface area (Å²) in [6.07, 6.45) is 0. The summed E-state index contributed by atoms with van der Waals surface area (Å²) in [6, 6.07) is 27.5. The van der Waals surface area contributed by atoms with Crippen LogP contribution in [0.15, 0.2) is 107 Å². The number of nitrogens with zero attached hydrogens (tertiary/aromatic N) is 2.